The molecular weight excluding hydrogens is 350 g/mol. The maximum atomic E-state index is 9.70. The number of rotatable bonds is 5. The maximum absolute atomic E-state index is 9.70. The molecule has 0 amide bonds. The SMILES string of the molecule is Oc1c(Br)cc(CNCC(O)C2CC2)cc1Br. The third-order valence-electron chi connectivity index (χ3n) is 2.93. The largest absolute Gasteiger partial charge is 0.506 e. The van der Waals surface area contributed by atoms with E-state index in [9.17, 15) is 10.2 Å². The van der Waals surface area contributed by atoms with Gasteiger partial charge in [-0.1, -0.05) is 0 Å². The van der Waals surface area contributed by atoms with Crippen LogP contribution >= 0.6 is 31.9 Å². The van der Waals surface area contributed by atoms with Gasteiger partial charge in [0.05, 0.1) is 15.0 Å². The van der Waals surface area contributed by atoms with Gasteiger partial charge in [0, 0.05) is 13.1 Å². The summed E-state index contributed by atoms with van der Waals surface area (Å²) in [6, 6.07) is 3.74. The summed E-state index contributed by atoms with van der Waals surface area (Å²) >= 11 is 6.59. The van der Waals surface area contributed by atoms with Gasteiger partial charge in [-0.25, -0.2) is 0 Å². The van der Waals surface area contributed by atoms with E-state index in [4.69, 9.17) is 0 Å². The van der Waals surface area contributed by atoms with Crippen LogP contribution in [-0.4, -0.2) is 22.9 Å². The Morgan fingerprint density at radius 3 is 2.41 bits per heavy atom. The lowest BCUT2D eigenvalue weighted by molar-refractivity contribution is 0.148. The van der Waals surface area contributed by atoms with Crippen LogP contribution in [0.4, 0.5) is 0 Å². The molecule has 1 aromatic rings. The minimum absolute atomic E-state index is 0.215. The minimum atomic E-state index is -0.223. The van der Waals surface area contributed by atoms with Crippen LogP contribution in [0.25, 0.3) is 0 Å². The van der Waals surface area contributed by atoms with E-state index in [1.807, 2.05) is 12.1 Å². The molecule has 1 aliphatic rings. The normalized spacial score (nSPS) is 17.1. The van der Waals surface area contributed by atoms with E-state index in [-0.39, 0.29) is 11.9 Å². The van der Waals surface area contributed by atoms with Gasteiger partial charge in [-0.3, -0.25) is 0 Å². The average Bonchev–Trinajstić information content (AvgIpc) is 3.09. The molecule has 3 nitrogen and oxygen atoms in total. The fourth-order valence-electron chi connectivity index (χ4n) is 1.73. The number of phenols is 1. The third-order valence-corrected chi connectivity index (χ3v) is 4.13. The predicted octanol–water partition coefficient (Wildman–Crippen LogP) is 2.78. The van der Waals surface area contributed by atoms with Crippen molar-refractivity contribution in [2.45, 2.75) is 25.5 Å². The summed E-state index contributed by atoms with van der Waals surface area (Å²) in [6.45, 7) is 1.31. The van der Waals surface area contributed by atoms with E-state index in [2.05, 4.69) is 37.2 Å². The molecule has 0 bridgehead atoms. The first-order valence-electron chi connectivity index (χ1n) is 5.63. The highest BCUT2D eigenvalue weighted by Crippen LogP contribution is 2.34. The van der Waals surface area contributed by atoms with Gasteiger partial charge in [-0.05, 0) is 68.3 Å². The fourth-order valence-corrected chi connectivity index (χ4v) is 3.01. The molecule has 1 saturated carbocycles. The minimum Gasteiger partial charge on any atom is -0.506 e. The summed E-state index contributed by atoms with van der Waals surface area (Å²) in [4.78, 5) is 0. The number of benzene rings is 1. The highest BCUT2D eigenvalue weighted by molar-refractivity contribution is 9.11. The van der Waals surface area contributed by atoms with Crippen LogP contribution in [0.2, 0.25) is 0 Å². The molecule has 0 radical (unpaired) electrons. The summed E-state index contributed by atoms with van der Waals surface area (Å²) in [5.41, 5.74) is 1.06. The van der Waals surface area contributed by atoms with Crippen molar-refractivity contribution in [1.29, 1.82) is 0 Å². The molecule has 1 atom stereocenters. The van der Waals surface area contributed by atoms with Crippen LogP contribution in [0.1, 0.15) is 18.4 Å². The lowest BCUT2D eigenvalue weighted by atomic mass is 10.2. The summed E-state index contributed by atoms with van der Waals surface area (Å²) in [5, 5.41) is 22.5. The zero-order valence-corrected chi connectivity index (χ0v) is 12.5. The van der Waals surface area contributed by atoms with Gasteiger partial charge in [-0.15, -0.1) is 0 Å². The van der Waals surface area contributed by atoms with E-state index in [0.29, 0.717) is 28.0 Å². The summed E-state index contributed by atoms with van der Waals surface area (Å²) in [6.07, 6.45) is 2.08. The topological polar surface area (TPSA) is 52.5 Å². The Balaban J connectivity index is 1.86. The quantitative estimate of drug-likeness (QED) is 0.753. The number of aliphatic hydroxyl groups is 1. The smallest absolute Gasteiger partial charge is 0.143 e. The lowest BCUT2D eigenvalue weighted by Crippen LogP contribution is -2.27. The molecule has 1 aromatic carbocycles. The molecule has 0 aromatic heterocycles. The van der Waals surface area contributed by atoms with Gasteiger partial charge in [-0.2, -0.15) is 0 Å². The van der Waals surface area contributed by atoms with Crippen LogP contribution in [0.15, 0.2) is 21.1 Å². The van der Waals surface area contributed by atoms with E-state index in [1.165, 1.54) is 0 Å². The molecule has 1 fully saturated rings. The first-order chi connectivity index (χ1) is 8.08. The Morgan fingerprint density at radius 1 is 1.29 bits per heavy atom. The molecule has 0 aliphatic heterocycles. The van der Waals surface area contributed by atoms with Crippen LogP contribution in [0.3, 0.4) is 0 Å². The highest BCUT2D eigenvalue weighted by atomic mass is 79.9. The van der Waals surface area contributed by atoms with E-state index in [0.717, 1.165) is 18.4 Å². The van der Waals surface area contributed by atoms with Crippen LogP contribution in [0, 0.1) is 5.92 Å². The Kier molecular flexibility index (Phi) is 4.47. The van der Waals surface area contributed by atoms with Gasteiger partial charge in [0.15, 0.2) is 0 Å². The van der Waals surface area contributed by atoms with Gasteiger partial charge < -0.3 is 15.5 Å². The summed E-state index contributed by atoms with van der Waals surface area (Å²) < 4.78 is 1.35. The number of hydrogen-bond donors (Lipinski definition) is 3. The lowest BCUT2D eigenvalue weighted by Gasteiger charge is -2.11. The summed E-state index contributed by atoms with van der Waals surface area (Å²) in [7, 11) is 0. The van der Waals surface area contributed by atoms with Gasteiger partial charge in [0.1, 0.15) is 5.75 Å². The molecule has 0 heterocycles. The number of hydrogen-bond acceptors (Lipinski definition) is 3. The number of halogens is 2. The van der Waals surface area contributed by atoms with Crippen LogP contribution in [0.5, 0.6) is 5.75 Å². The monoisotopic (exact) mass is 363 g/mol. The molecule has 0 saturated heterocycles. The second-order valence-corrected chi connectivity index (χ2v) is 6.15. The molecule has 3 N–H and O–H groups in total. The highest BCUT2D eigenvalue weighted by Gasteiger charge is 2.29. The van der Waals surface area contributed by atoms with Gasteiger partial charge >= 0.3 is 0 Å². The van der Waals surface area contributed by atoms with Gasteiger partial charge in [0.2, 0.25) is 0 Å². The van der Waals surface area contributed by atoms with Crippen molar-refractivity contribution >= 4 is 31.9 Å². The van der Waals surface area contributed by atoms with Crippen molar-refractivity contribution in [3.63, 3.8) is 0 Å². The fraction of sp³-hybridized carbons (Fsp3) is 0.500. The molecule has 1 unspecified atom stereocenters. The van der Waals surface area contributed by atoms with E-state index < -0.39 is 0 Å². The maximum Gasteiger partial charge on any atom is 0.143 e. The second-order valence-electron chi connectivity index (χ2n) is 4.44. The number of phenolic OH excluding ortho intramolecular Hbond substituents is 1. The molecule has 2 rings (SSSR count). The van der Waals surface area contributed by atoms with Crippen molar-refractivity contribution in [3.8, 4) is 5.75 Å². The first-order valence-corrected chi connectivity index (χ1v) is 7.22. The molecular formula is C12H15Br2NO2. The molecule has 5 heteroatoms. The van der Waals surface area contributed by atoms with E-state index in [1.54, 1.807) is 0 Å². The third kappa shape index (κ3) is 3.68. The summed E-state index contributed by atoms with van der Waals surface area (Å²) in [5.74, 6) is 0.715. The zero-order chi connectivity index (χ0) is 12.4. The van der Waals surface area contributed by atoms with Crippen LogP contribution < -0.4 is 5.32 Å². The number of aliphatic hydroxyl groups excluding tert-OH is 1. The molecule has 1 aliphatic carbocycles. The first kappa shape index (κ1) is 13.3. The Morgan fingerprint density at radius 2 is 1.88 bits per heavy atom. The Labute approximate surface area is 117 Å². The van der Waals surface area contributed by atoms with Crippen molar-refractivity contribution in [1.82, 2.24) is 5.32 Å². The molecule has 0 spiro atoms. The van der Waals surface area contributed by atoms with Crippen LogP contribution in [-0.2, 0) is 6.54 Å². The van der Waals surface area contributed by atoms with Crippen molar-refractivity contribution in [2.75, 3.05) is 6.54 Å². The van der Waals surface area contributed by atoms with Crippen molar-refractivity contribution in [3.05, 3.63) is 26.6 Å². The molecule has 17 heavy (non-hydrogen) atoms. The predicted molar refractivity (Wildman–Crippen MR) is 73.9 cm³/mol. The average molecular weight is 365 g/mol. The Hall–Kier alpha value is -0.100. The van der Waals surface area contributed by atoms with Crippen molar-refractivity contribution in [2.24, 2.45) is 5.92 Å². The van der Waals surface area contributed by atoms with Gasteiger partial charge in [0.25, 0.3) is 0 Å². The zero-order valence-electron chi connectivity index (χ0n) is 9.29. The Bertz CT molecular complexity index is 384. The number of nitrogens with one attached hydrogen (secondary N) is 1. The van der Waals surface area contributed by atoms with Crippen molar-refractivity contribution < 1.29 is 10.2 Å². The number of aromatic hydroxyl groups is 1. The second kappa shape index (κ2) is 5.69. The molecule has 94 valence electrons. The van der Waals surface area contributed by atoms with E-state index >= 15 is 0 Å². The standard InChI is InChI=1S/C12H15Br2NO2/c13-9-3-7(4-10(14)12(9)17)5-15-6-11(16)8-1-2-8/h3-4,8,11,15-17H,1-2,5-6H2.